The third kappa shape index (κ3) is 4.09. The van der Waals surface area contributed by atoms with Gasteiger partial charge in [0.1, 0.15) is 5.01 Å². The summed E-state index contributed by atoms with van der Waals surface area (Å²) in [5.41, 5.74) is 0.307. The van der Waals surface area contributed by atoms with Crippen LogP contribution in [0.2, 0.25) is 0 Å². The number of hydrogen-bond donors (Lipinski definition) is 0. The highest BCUT2D eigenvalue weighted by Gasteiger charge is 2.13. The fourth-order valence-corrected chi connectivity index (χ4v) is 2.10. The van der Waals surface area contributed by atoms with Gasteiger partial charge in [0.25, 0.3) is 0 Å². The second kappa shape index (κ2) is 6.94. The Morgan fingerprint density at radius 3 is 2.81 bits per heavy atom. The molecule has 0 fully saturated rings. The number of hydrogen-bond acceptors (Lipinski definition) is 5. The molecule has 0 radical (unpaired) electrons. The molecule has 2 aromatic rings. The summed E-state index contributed by atoms with van der Waals surface area (Å²) in [6.45, 7) is -2.95. The zero-order valence-corrected chi connectivity index (χ0v) is 11.8. The molecule has 0 saturated carbocycles. The number of carbonyl (C=O) groups is 1. The predicted molar refractivity (Wildman–Crippen MR) is 75.1 cm³/mol. The smallest absolute Gasteiger partial charge is 0.387 e. The van der Waals surface area contributed by atoms with E-state index in [9.17, 15) is 13.6 Å². The molecular weight excluding hydrogens is 300 g/mol. The molecule has 4 nitrogen and oxygen atoms in total. The van der Waals surface area contributed by atoms with Crippen molar-refractivity contribution in [1.82, 2.24) is 4.98 Å². The van der Waals surface area contributed by atoms with Crippen molar-refractivity contribution < 1.29 is 23.0 Å². The van der Waals surface area contributed by atoms with Crippen LogP contribution in [0.25, 0.3) is 6.08 Å². The lowest BCUT2D eigenvalue weighted by Crippen LogP contribution is -2.04. The molecule has 0 bridgehead atoms. The number of nitrogens with zero attached hydrogens (tertiary/aromatic N) is 1. The maximum absolute atomic E-state index is 12.2. The summed E-state index contributed by atoms with van der Waals surface area (Å²) < 4.78 is 33.7. The van der Waals surface area contributed by atoms with Gasteiger partial charge in [-0.3, -0.25) is 4.79 Å². The van der Waals surface area contributed by atoms with E-state index in [0.717, 1.165) is 0 Å². The van der Waals surface area contributed by atoms with Crippen molar-refractivity contribution in [1.29, 1.82) is 0 Å². The zero-order chi connectivity index (χ0) is 15.2. The molecule has 21 heavy (non-hydrogen) atoms. The van der Waals surface area contributed by atoms with Crippen LogP contribution in [0.3, 0.4) is 0 Å². The first kappa shape index (κ1) is 15.1. The molecule has 0 atom stereocenters. The highest BCUT2D eigenvalue weighted by molar-refractivity contribution is 7.10. The normalized spacial score (nSPS) is 11.0. The average Bonchev–Trinajstić information content (AvgIpc) is 2.98. The van der Waals surface area contributed by atoms with E-state index in [-0.39, 0.29) is 17.3 Å². The summed E-state index contributed by atoms with van der Waals surface area (Å²) in [6, 6.07) is 4.02. The van der Waals surface area contributed by atoms with E-state index in [1.807, 2.05) is 0 Å². The van der Waals surface area contributed by atoms with Gasteiger partial charge in [-0.2, -0.15) is 8.78 Å². The van der Waals surface area contributed by atoms with E-state index in [0.29, 0.717) is 10.6 Å². The van der Waals surface area contributed by atoms with Gasteiger partial charge >= 0.3 is 6.61 Å². The number of alkyl halides is 2. The van der Waals surface area contributed by atoms with Gasteiger partial charge in [0.15, 0.2) is 17.3 Å². The number of ether oxygens (including phenoxy) is 2. The number of halogens is 2. The lowest BCUT2D eigenvalue weighted by atomic mass is 10.1. The Morgan fingerprint density at radius 1 is 1.38 bits per heavy atom. The van der Waals surface area contributed by atoms with Crippen LogP contribution in [0.4, 0.5) is 8.78 Å². The van der Waals surface area contributed by atoms with Crippen molar-refractivity contribution in [2.45, 2.75) is 6.61 Å². The van der Waals surface area contributed by atoms with Crippen LogP contribution in [0.5, 0.6) is 11.5 Å². The SMILES string of the molecule is COc1cc(C(=O)/C=C\c2nccs2)ccc1OC(F)F. The number of aromatic nitrogens is 1. The van der Waals surface area contributed by atoms with E-state index in [4.69, 9.17) is 4.74 Å². The maximum Gasteiger partial charge on any atom is 0.387 e. The number of allylic oxidation sites excluding steroid dienone is 1. The summed E-state index contributed by atoms with van der Waals surface area (Å²) in [4.78, 5) is 16.0. The molecule has 0 saturated heterocycles. The van der Waals surface area contributed by atoms with Gasteiger partial charge in [-0.1, -0.05) is 0 Å². The molecule has 0 aliphatic carbocycles. The largest absolute Gasteiger partial charge is 0.493 e. The number of rotatable bonds is 6. The highest BCUT2D eigenvalue weighted by Crippen LogP contribution is 2.29. The van der Waals surface area contributed by atoms with Gasteiger partial charge in [0.05, 0.1) is 7.11 Å². The summed E-state index contributed by atoms with van der Waals surface area (Å²) in [5, 5.41) is 2.50. The van der Waals surface area contributed by atoms with Gasteiger partial charge in [-0.05, 0) is 30.4 Å². The molecule has 1 aromatic carbocycles. The van der Waals surface area contributed by atoms with Gasteiger partial charge in [-0.25, -0.2) is 4.98 Å². The van der Waals surface area contributed by atoms with E-state index in [2.05, 4.69) is 9.72 Å². The van der Waals surface area contributed by atoms with Crippen LogP contribution in [0.1, 0.15) is 15.4 Å². The Labute approximate surface area is 123 Å². The maximum atomic E-state index is 12.2. The van der Waals surface area contributed by atoms with Crippen molar-refractivity contribution in [3.63, 3.8) is 0 Å². The summed E-state index contributed by atoms with van der Waals surface area (Å²) in [5.74, 6) is -0.330. The van der Waals surface area contributed by atoms with Crippen molar-refractivity contribution >= 4 is 23.2 Å². The van der Waals surface area contributed by atoms with E-state index < -0.39 is 6.61 Å². The van der Waals surface area contributed by atoms with Crippen molar-refractivity contribution in [2.24, 2.45) is 0 Å². The quantitative estimate of drug-likeness (QED) is 0.603. The minimum atomic E-state index is -2.95. The summed E-state index contributed by atoms with van der Waals surface area (Å²) in [7, 11) is 1.31. The minimum absolute atomic E-state index is 0.0730. The standard InChI is InChI=1S/C14H11F2NO3S/c1-19-12-8-9(2-4-11(12)20-14(15)16)10(18)3-5-13-17-6-7-21-13/h2-8,14H,1H3/b5-3-. The van der Waals surface area contributed by atoms with Crippen LogP contribution in [0.15, 0.2) is 35.9 Å². The van der Waals surface area contributed by atoms with Crippen molar-refractivity contribution in [3.05, 3.63) is 46.4 Å². The average molecular weight is 311 g/mol. The lowest BCUT2D eigenvalue weighted by Gasteiger charge is -2.10. The van der Waals surface area contributed by atoms with Crippen LogP contribution in [-0.4, -0.2) is 24.5 Å². The predicted octanol–water partition coefficient (Wildman–Crippen LogP) is 3.65. The fourth-order valence-electron chi connectivity index (χ4n) is 1.57. The van der Waals surface area contributed by atoms with Gasteiger partial charge < -0.3 is 9.47 Å². The third-order valence-electron chi connectivity index (χ3n) is 2.49. The van der Waals surface area contributed by atoms with E-state index >= 15 is 0 Å². The lowest BCUT2D eigenvalue weighted by molar-refractivity contribution is -0.0512. The summed E-state index contributed by atoms with van der Waals surface area (Å²) >= 11 is 1.40. The molecule has 0 amide bonds. The van der Waals surface area contributed by atoms with Crippen LogP contribution >= 0.6 is 11.3 Å². The minimum Gasteiger partial charge on any atom is -0.493 e. The zero-order valence-electron chi connectivity index (χ0n) is 11.0. The first-order valence-electron chi connectivity index (χ1n) is 5.85. The Balaban J connectivity index is 2.18. The van der Waals surface area contributed by atoms with Gasteiger partial charge in [0.2, 0.25) is 0 Å². The first-order chi connectivity index (χ1) is 10.1. The Hall–Kier alpha value is -2.28. The van der Waals surface area contributed by atoms with Crippen LogP contribution in [-0.2, 0) is 0 Å². The Morgan fingerprint density at radius 2 is 2.19 bits per heavy atom. The Kier molecular flexibility index (Phi) is 4.99. The molecule has 0 spiro atoms. The number of carbonyl (C=O) groups excluding carboxylic acids is 1. The second-order valence-corrected chi connectivity index (χ2v) is 4.74. The van der Waals surface area contributed by atoms with Crippen LogP contribution in [0, 0.1) is 0 Å². The third-order valence-corrected chi connectivity index (χ3v) is 3.23. The molecule has 1 aromatic heterocycles. The highest BCUT2D eigenvalue weighted by atomic mass is 32.1. The monoisotopic (exact) mass is 311 g/mol. The first-order valence-corrected chi connectivity index (χ1v) is 6.73. The molecule has 2 rings (SSSR count). The van der Waals surface area contributed by atoms with Crippen molar-refractivity contribution in [3.8, 4) is 11.5 Å². The molecule has 0 N–H and O–H groups in total. The molecule has 1 heterocycles. The molecule has 110 valence electrons. The van der Waals surface area contributed by atoms with E-state index in [1.165, 1.54) is 42.7 Å². The van der Waals surface area contributed by atoms with Gasteiger partial charge in [0, 0.05) is 17.1 Å². The second-order valence-electron chi connectivity index (χ2n) is 3.81. The molecule has 7 heteroatoms. The summed E-state index contributed by atoms with van der Waals surface area (Å²) in [6.07, 6.45) is 4.58. The molecule has 0 unspecified atom stereocenters. The molecule has 0 aliphatic heterocycles. The Bertz CT molecular complexity index is 642. The number of ketones is 1. The molecule has 0 aliphatic rings. The van der Waals surface area contributed by atoms with Crippen molar-refractivity contribution in [2.75, 3.05) is 7.11 Å². The number of thiazole rings is 1. The van der Waals surface area contributed by atoms with E-state index in [1.54, 1.807) is 17.7 Å². The number of methoxy groups -OCH3 is 1. The number of benzene rings is 1. The van der Waals surface area contributed by atoms with Crippen LogP contribution < -0.4 is 9.47 Å². The molecular formula is C14H11F2NO3S. The topological polar surface area (TPSA) is 48.4 Å². The van der Waals surface area contributed by atoms with Gasteiger partial charge in [-0.15, -0.1) is 11.3 Å². The fraction of sp³-hybridized carbons (Fsp3) is 0.143.